The molecule has 2 heterocycles. The highest BCUT2D eigenvalue weighted by atomic mass is 35.5. The predicted octanol–water partition coefficient (Wildman–Crippen LogP) is 4.38. The highest BCUT2D eigenvalue weighted by Crippen LogP contribution is 2.26. The van der Waals surface area contributed by atoms with E-state index in [1.54, 1.807) is 24.4 Å². The number of para-hydroxylation sites is 1. The summed E-state index contributed by atoms with van der Waals surface area (Å²) in [7, 11) is 0. The summed E-state index contributed by atoms with van der Waals surface area (Å²) in [5.74, 6) is 1.21. The molecule has 0 aliphatic carbocycles. The summed E-state index contributed by atoms with van der Waals surface area (Å²) in [6, 6.07) is 18.5. The summed E-state index contributed by atoms with van der Waals surface area (Å²) in [4.78, 5) is 12.6. The van der Waals surface area contributed by atoms with Gasteiger partial charge in [0.15, 0.2) is 11.5 Å². The standard InChI is InChI=1S/C22H19ClN4O2/c1-2-29-19-10-6-3-7-16(19)14-24-22(28)15-11-12-27-20(13-15)25-26-21(27)17-8-4-5-9-18(17)23/h3-13H,2,14H2,1H3,(H,24,28). The van der Waals surface area contributed by atoms with E-state index >= 15 is 0 Å². The Morgan fingerprint density at radius 1 is 1.10 bits per heavy atom. The van der Waals surface area contributed by atoms with Crippen molar-refractivity contribution in [1.29, 1.82) is 0 Å². The van der Waals surface area contributed by atoms with Crippen LogP contribution in [-0.4, -0.2) is 27.1 Å². The van der Waals surface area contributed by atoms with Crippen LogP contribution in [0, 0.1) is 0 Å². The van der Waals surface area contributed by atoms with Crippen LogP contribution in [0.1, 0.15) is 22.8 Å². The Hall–Kier alpha value is -3.38. The third-order valence-corrected chi connectivity index (χ3v) is 4.83. The van der Waals surface area contributed by atoms with E-state index in [0.29, 0.717) is 35.2 Å². The van der Waals surface area contributed by atoms with Gasteiger partial charge in [0.25, 0.3) is 5.91 Å². The number of hydrogen-bond donors (Lipinski definition) is 1. The molecule has 0 fully saturated rings. The van der Waals surface area contributed by atoms with E-state index in [1.807, 2.05) is 53.8 Å². The van der Waals surface area contributed by atoms with Crippen LogP contribution in [0.2, 0.25) is 5.02 Å². The fourth-order valence-electron chi connectivity index (χ4n) is 3.08. The molecule has 4 rings (SSSR count). The number of hydrogen-bond acceptors (Lipinski definition) is 4. The summed E-state index contributed by atoms with van der Waals surface area (Å²) in [6.07, 6.45) is 1.77. The van der Waals surface area contributed by atoms with E-state index in [0.717, 1.165) is 16.9 Å². The van der Waals surface area contributed by atoms with Gasteiger partial charge in [0.05, 0.1) is 11.6 Å². The number of benzene rings is 2. The monoisotopic (exact) mass is 406 g/mol. The SMILES string of the molecule is CCOc1ccccc1CNC(=O)c1ccn2c(-c3ccccc3Cl)nnc2c1. The number of carbonyl (C=O) groups excluding carboxylic acids is 1. The normalized spacial score (nSPS) is 10.8. The molecule has 4 aromatic rings. The molecule has 0 unspecified atom stereocenters. The van der Waals surface area contributed by atoms with Crippen LogP contribution in [0.5, 0.6) is 5.75 Å². The molecule has 0 spiro atoms. The lowest BCUT2D eigenvalue weighted by Crippen LogP contribution is -2.23. The smallest absolute Gasteiger partial charge is 0.251 e. The first-order valence-corrected chi connectivity index (χ1v) is 9.63. The Bertz CT molecular complexity index is 1170. The summed E-state index contributed by atoms with van der Waals surface area (Å²) in [6.45, 7) is 2.88. The van der Waals surface area contributed by atoms with E-state index in [9.17, 15) is 4.79 Å². The highest BCUT2D eigenvalue weighted by Gasteiger charge is 2.14. The fraction of sp³-hybridized carbons (Fsp3) is 0.136. The van der Waals surface area contributed by atoms with Crippen LogP contribution in [0.15, 0.2) is 66.9 Å². The first-order chi connectivity index (χ1) is 14.2. The second kappa shape index (κ2) is 8.32. The van der Waals surface area contributed by atoms with Crippen LogP contribution < -0.4 is 10.1 Å². The number of aromatic nitrogens is 3. The van der Waals surface area contributed by atoms with Crippen molar-refractivity contribution >= 4 is 23.2 Å². The number of fused-ring (bicyclic) bond motifs is 1. The van der Waals surface area contributed by atoms with Gasteiger partial charge in [0.1, 0.15) is 5.75 Å². The summed E-state index contributed by atoms with van der Waals surface area (Å²) < 4.78 is 7.41. The Kier molecular flexibility index (Phi) is 5.44. The number of rotatable bonds is 6. The molecule has 146 valence electrons. The van der Waals surface area contributed by atoms with Gasteiger partial charge in [0, 0.05) is 29.4 Å². The van der Waals surface area contributed by atoms with Crippen LogP contribution in [0.25, 0.3) is 17.0 Å². The molecule has 6 nitrogen and oxygen atoms in total. The fourth-order valence-corrected chi connectivity index (χ4v) is 3.30. The zero-order valence-electron chi connectivity index (χ0n) is 15.8. The number of nitrogens with one attached hydrogen (secondary N) is 1. The Balaban J connectivity index is 1.55. The topological polar surface area (TPSA) is 68.5 Å². The maximum Gasteiger partial charge on any atom is 0.251 e. The van der Waals surface area contributed by atoms with Gasteiger partial charge in [-0.15, -0.1) is 10.2 Å². The van der Waals surface area contributed by atoms with Crippen molar-refractivity contribution in [3.63, 3.8) is 0 Å². The average Bonchev–Trinajstić information content (AvgIpc) is 3.16. The van der Waals surface area contributed by atoms with E-state index in [-0.39, 0.29) is 5.91 Å². The van der Waals surface area contributed by atoms with Crippen molar-refractivity contribution in [1.82, 2.24) is 19.9 Å². The minimum atomic E-state index is -0.193. The lowest BCUT2D eigenvalue weighted by Gasteiger charge is -2.11. The average molecular weight is 407 g/mol. The number of amides is 1. The molecule has 1 N–H and O–H groups in total. The number of ether oxygens (including phenoxy) is 1. The maximum atomic E-state index is 12.6. The minimum absolute atomic E-state index is 0.193. The molecule has 2 aromatic carbocycles. The molecule has 0 radical (unpaired) electrons. The van der Waals surface area contributed by atoms with Crippen molar-refractivity contribution in [2.24, 2.45) is 0 Å². The van der Waals surface area contributed by atoms with E-state index in [4.69, 9.17) is 16.3 Å². The molecular formula is C22H19ClN4O2. The van der Waals surface area contributed by atoms with Gasteiger partial charge in [-0.25, -0.2) is 0 Å². The van der Waals surface area contributed by atoms with Gasteiger partial charge in [-0.3, -0.25) is 9.20 Å². The van der Waals surface area contributed by atoms with Gasteiger partial charge in [0.2, 0.25) is 0 Å². The largest absolute Gasteiger partial charge is 0.494 e. The van der Waals surface area contributed by atoms with Gasteiger partial charge >= 0.3 is 0 Å². The minimum Gasteiger partial charge on any atom is -0.494 e. The summed E-state index contributed by atoms with van der Waals surface area (Å²) in [5.41, 5.74) is 2.78. The van der Waals surface area contributed by atoms with Crippen molar-refractivity contribution in [3.8, 4) is 17.1 Å². The van der Waals surface area contributed by atoms with Crippen LogP contribution in [0.3, 0.4) is 0 Å². The van der Waals surface area contributed by atoms with Crippen LogP contribution in [0.4, 0.5) is 0 Å². The molecule has 1 amide bonds. The molecular weight excluding hydrogens is 388 g/mol. The molecule has 7 heteroatoms. The van der Waals surface area contributed by atoms with Crippen molar-refractivity contribution in [2.45, 2.75) is 13.5 Å². The Labute approximate surface area is 173 Å². The number of nitrogens with zero attached hydrogens (tertiary/aromatic N) is 3. The Morgan fingerprint density at radius 2 is 1.90 bits per heavy atom. The predicted molar refractivity (Wildman–Crippen MR) is 112 cm³/mol. The second-order valence-corrected chi connectivity index (χ2v) is 6.78. The molecule has 29 heavy (non-hydrogen) atoms. The zero-order chi connectivity index (χ0) is 20.2. The van der Waals surface area contributed by atoms with Gasteiger partial charge < -0.3 is 10.1 Å². The third-order valence-electron chi connectivity index (χ3n) is 4.50. The third kappa shape index (κ3) is 3.93. The molecule has 0 saturated heterocycles. The van der Waals surface area contributed by atoms with Crippen LogP contribution >= 0.6 is 11.6 Å². The molecule has 0 bridgehead atoms. The first-order valence-electron chi connectivity index (χ1n) is 9.26. The quantitative estimate of drug-likeness (QED) is 0.516. The molecule has 2 aromatic heterocycles. The van der Waals surface area contributed by atoms with E-state index in [2.05, 4.69) is 15.5 Å². The van der Waals surface area contributed by atoms with E-state index < -0.39 is 0 Å². The van der Waals surface area contributed by atoms with Crippen LogP contribution in [-0.2, 0) is 6.54 Å². The summed E-state index contributed by atoms with van der Waals surface area (Å²) in [5, 5.41) is 11.9. The maximum absolute atomic E-state index is 12.6. The molecule has 0 saturated carbocycles. The Morgan fingerprint density at radius 3 is 2.72 bits per heavy atom. The zero-order valence-corrected chi connectivity index (χ0v) is 16.6. The number of pyridine rings is 1. The van der Waals surface area contributed by atoms with Gasteiger partial charge in [-0.2, -0.15) is 0 Å². The summed E-state index contributed by atoms with van der Waals surface area (Å²) >= 11 is 6.28. The van der Waals surface area contributed by atoms with Gasteiger partial charge in [-0.1, -0.05) is 41.9 Å². The van der Waals surface area contributed by atoms with E-state index in [1.165, 1.54) is 0 Å². The lowest BCUT2D eigenvalue weighted by molar-refractivity contribution is 0.0950. The first kappa shape index (κ1) is 19.0. The lowest BCUT2D eigenvalue weighted by atomic mass is 10.2. The second-order valence-electron chi connectivity index (χ2n) is 6.37. The number of halogens is 1. The van der Waals surface area contributed by atoms with Gasteiger partial charge in [-0.05, 0) is 37.3 Å². The molecule has 0 aliphatic heterocycles. The highest BCUT2D eigenvalue weighted by molar-refractivity contribution is 6.33. The molecule has 0 aliphatic rings. The van der Waals surface area contributed by atoms with Crippen molar-refractivity contribution in [2.75, 3.05) is 6.61 Å². The number of carbonyl (C=O) groups is 1. The van der Waals surface area contributed by atoms with Crippen molar-refractivity contribution < 1.29 is 9.53 Å². The molecule has 0 atom stereocenters. The van der Waals surface area contributed by atoms with Crippen molar-refractivity contribution in [3.05, 3.63) is 83.0 Å².